The van der Waals surface area contributed by atoms with Crippen LogP contribution in [0.15, 0.2) is 60.9 Å². The van der Waals surface area contributed by atoms with E-state index in [9.17, 15) is 4.79 Å². The summed E-state index contributed by atoms with van der Waals surface area (Å²) in [6, 6.07) is 16.2. The third-order valence-electron chi connectivity index (χ3n) is 7.36. The number of rotatable bonds is 9. The molecule has 0 bridgehead atoms. The SMILES string of the molecule is CCCCNc1cccc2c(Oc3ncccc3-c3ccnc(N[C@H]4CCCN(C(=O)OC(C)(C)C)C4)n3)c(C)ccc12. The largest absolute Gasteiger partial charge is 0.444 e. The van der Waals surface area contributed by atoms with Crippen LogP contribution in [0.3, 0.4) is 0 Å². The van der Waals surface area contributed by atoms with Gasteiger partial charge in [-0.3, -0.25) is 0 Å². The second-order valence-corrected chi connectivity index (χ2v) is 12.0. The summed E-state index contributed by atoms with van der Waals surface area (Å²) in [4.78, 5) is 28.3. The zero-order chi connectivity index (χ0) is 30.4. The second kappa shape index (κ2) is 13.3. The number of benzene rings is 2. The van der Waals surface area contributed by atoms with Crippen LogP contribution in [0, 0.1) is 6.92 Å². The van der Waals surface area contributed by atoms with Gasteiger partial charge in [-0.05, 0) is 76.8 Å². The number of carbonyl (C=O) groups excluding carboxylic acids is 1. The van der Waals surface area contributed by atoms with Crippen molar-refractivity contribution in [2.24, 2.45) is 0 Å². The van der Waals surface area contributed by atoms with E-state index in [1.165, 1.54) is 0 Å². The molecule has 1 aliphatic heterocycles. The number of nitrogens with one attached hydrogen (secondary N) is 2. The maximum atomic E-state index is 12.6. The summed E-state index contributed by atoms with van der Waals surface area (Å²) in [5.74, 6) is 1.74. The first-order valence-corrected chi connectivity index (χ1v) is 15.2. The molecule has 2 N–H and O–H groups in total. The topological polar surface area (TPSA) is 102 Å². The third kappa shape index (κ3) is 7.52. The molecule has 1 atom stereocenters. The highest BCUT2D eigenvalue weighted by atomic mass is 16.6. The molecule has 0 radical (unpaired) electrons. The highest BCUT2D eigenvalue weighted by Gasteiger charge is 2.28. The van der Waals surface area contributed by atoms with Crippen molar-refractivity contribution >= 4 is 28.5 Å². The van der Waals surface area contributed by atoms with Gasteiger partial charge in [0.05, 0.1) is 11.3 Å². The third-order valence-corrected chi connectivity index (χ3v) is 7.36. The Morgan fingerprint density at radius 1 is 1.05 bits per heavy atom. The summed E-state index contributed by atoms with van der Waals surface area (Å²) in [6.45, 7) is 12.0. The maximum absolute atomic E-state index is 12.6. The van der Waals surface area contributed by atoms with Crippen molar-refractivity contribution in [2.45, 2.75) is 71.9 Å². The minimum absolute atomic E-state index is 0.0135. The van der Waals surface area contributed by atoms with E-state index in [1.807, 2.05) is 45.9 Å². The molecule has 1 aliphatic rings. The molecule has 1 fully saturated rings. The average Bonchev–Trinajstić information content (AvgIpc) is 2.98. The van der Waals surface area contributed by atoms with Gasteiger partial charge in [-0.25, -0.2) is 19.7 Å². The molecule has 0 unspecified atom stereocenters. The van der Waals surface area contributed by atoms with Crippen molar-refractivity contribution in [1.29, 1.82) is 0 Å². The first-order chi connectivity index (χ1) is 20.7. The summed E-state index contributed by atoms with van der Waals surface area (Å²) >= 11 is 0. The van der Waals surface area contributed by atoms with Crippen molar-refractivity contribution in [3.05, 3.63) is 66.5 Å². The number of aromatic nitrogens is 3. The number of anilines is 2. The van der Waals surface area contributed by atoms with Crippen molar-refractivity contribution in [3.63, 3.8) is 0 Å². The van der Waals surface area contributed by atoms with Crippen LogP contribution in [0.4, 0.5) is 16.4 Å². The molecule has 0 aliphatic carbocycles. The van der Waals surface area contributed by atoms with Gasteiger partial charge >= 0.3 is 6.09 Å². The molecule has 43 heavy (non-hydrogen) atoms. The Hall–Kier alpha value is -4.40. The van der Waals surface area contributed by atoms with Gasteiger partial charge in [0.25, 0.3) is 0 Å². The molecule has 9 heteroatoms. The molecule has 9 nitrogen and oxygen atoms in total. The van der Waals surface area contributed by atoms with Gasteiger partial charge < -0.3 is 25.0 Å². The van der Waals surface area contributed by atoms with Gasteiger partial charge in [-0.15, -0.1) is 0 Å². The van der Waals surface area contributed by atoms with Crippen LogP contribution in [0.2, 0.25) is 0 Å². The van der Waals surface area contributed by atoms with Gasteiger partial charge in [-0.2, -0.15) is 0 Å². The number of aryl methyl sites for hydroxylation is 1. The molecule has 0 saturated carbocycles. The normalized spacial score (nSPS) is 15.3. The smallest absolute Gasteiger partial charge is 0.410 e. The fourth-order valence-electron chi connectivity index (χ4n) is 5.24. The lowest BCUT2D eigenvalue weighted by atomic mass is 10.0. The standard InChI is InChI=1S/C34H42N6O3/c1-6-7-18-35-28-14-8-12-26-25(28)16-15-23(2)30(26)42-31-27(13-9-19-36-31)29-17-20-37-32(39-29)38-24-11-10-21-40(22-24)33(41)43-34(3,4)5/h8-9,12-17,19-20,24,35H,6-7,10-11,18,21-22H2,1-5H3,(H,37,38,39)/t24-/m0/s1. The molecule has 226 valence electrons. The Balaban J connectivity index is 1.37. The molecule has 3 heterocycles. The van der Waals surface area contributed by atoms with E-state index < -0.39 is 5.60 Å². The number of pyridine rings is 1. The van der Waals surface area contributed by atoms with Crippen LogP contribution in [-0.2, 0) is 4.74 Å². The highest BCUT2D eigenvalue weighted by molar-refractivity contribution is 5.98. The van der Waals surface area contributed by atoms with Crippen molar-refractivity contribution in [1.82, 2.24) is 19.9 Å². The molecular weight excluding hydrogens is 540 g/mol. The Bertz CT molecular complexity index is 1570. The molecule has 0 spiro atoms. The summed E-state index contributed by atoms with van der Waals surface area (Å²) in [6.07, 6.45) is 7.19. The predicted molar refractivity (Wildman–Crippen MR) is 172 cm³/mol. The second-order valence-electron chi connectivity index (χ2n) is 12.0. The number of piperidine rings is 1. The molecule has 2 aromatic carbocycles. The maximum Gasteiger partial charge on any atom is 0.410 e. The number of likely N-dealkylation sites (tertiary alicyclic amines) is 1. The number of amides is 1. The number of unbranched alkanes of at least 4 members (excludes halogenated alkanes) is 1. The Morgan fingerprint density at radius 3 is 2.72 bits per heavy atom. The van der Waals surface area contributed by atoms with Gasteiger partial charge in [0.15, 0.2) is 0 Å². The summed E-state index contributed by atoms with van der Waals surface area (Å²) in [5, 5.41) is 9.13. The average molecular weight is 583 g/mol. The van der Waals surface area contributed by atoms with Crippen LogP contribution in [0.1, 0.15) is 58.9 Å². The fourth-order valence-corrected chi connectivity index (χ4v) is 5.24. The monoisotopic (exact) mass is 582 g/mol. The lowest BCUT2D eigenvalue weighted by Gasteiger charge is -2.34. The van der Waals surface area contributed by atoms with E-state index in [1.54, 1.807) is 17.3 Å². The number of hydrogen-bond donors (Lipinski definition) is 2. The fraction of sp³-hybridized carbons (Fsp3) is 0.412. The molecule has 1 amide bonds. The van der Waals surface area contributed by atoms with Gasteiger partial charge in [0, 0.05) is 54.5 Å². The first kappa shape index (κ1) is 30.1. The van der Waals surface area contributed by atoms with Gasteiger partial charge in [0.1, 0.15) is 11.4 Å². The molecule has 2 aromatic heterocycles. The molecular formula is C34H42N6O3. The predicted octanol–water partition coefficient (Wildman–Crippen LogP) is 7.82. The number of nitrogens with zero attached hydrogens (tertiary/aromatic N) is 4. The van der Waals surface area contributed by atoms with E-state index in [0.717, 1.165) is 65.6 Å². The van der Waals surface area contributed by atoms with Gasteiger partial charge in [0.2, 0.25) is 11.8 Å². The van der Waals surface area contributed by atoms with E-state index in [4.69, 9.17) is 14.5 Å². The van der Waals surface area contributed by atoms with Crippen LogP contribution in [-0.4, -0.2) is 57.2 Å². The van der Waals surface area contributed by atoms with Crippen molar-refractivity contribution in [2.75, 3.05) is 30.3 Å². The highest BCUT2D eigenvalue weighted by Crippen LogP contribution is 2.38. The number of fused-ring (bicyclic) bond motifs is 1. The van der Waals surface area contributed by atoms with Crippen LogP contribution in [0.25, 0.3) is 22.0 Å². The Morgan fingerprint density at radius 2 is 1.91 bits per heavy atom. The Kier molecular flexibility index (Phi) is 9.28. The summed E-state index contributed by atoms with van der Waals surface area (Å²) in [7, 11) is 0. The van der Waals surface area contributed by atoms with Crippen LogP contribution in [0.5, 0.6) is 11.6 Å². The number of ether oxygens (including phenoxy) is 2. The number of hydrogen-bond acceptors (Lipinski definition) is 8. The molecule has 1 saturated heterocycles. The molecule has 4 aromatic rings. The quantitative estimate of drug-likeness (QED) is 0.193. The van der Waals surface area contributed by atoms with Crippen molar-refractivity contribution < 1.29 is 14.3 Å². The van der Waals surface area contributed by atoms with Crippen molar-refractivity contribution in [3.8, 4) is 22.9 Å². The Labute approximate surface area is 254 Å². The summed E-state index contributed by atoms with van der Waals surface area (Å²) < 4.78 is 12.2. The lowest BCUT2D eigenvalue weighted by molar-refractivity contribution is 0.0206. The summed E-state index contributed by atoms with van der Waals surface area (Å²) in [5.41, 5.74) is 3.04. The lowest BCUT2D eigenvalue weighted by Crippen LogP contribution is -2.47. The number of carbonyl (C=O) groups is 1. The van der Waals surface area contributed by atoms with Crippen LogP contribution >= 0.6 is 0 Å². The minimum Gasteiger partial charge on any atom is -0.444 e. The van der Waals surface area contributed by atoms with E-state index >= 15 is 0 Å². The zero-order valence-corrected chi connectivity index (χ0v) is 25.8. The first-order valence-electron chi connectivity index (χ1n) is 15.2. The van der Waals surface area contributed by atoms with Crippen LogP contribution < -0.4 is 15.4 Å². The molecule has 5 rings (SSSR count). The van der Waals surface area contributed by atoms with E-state index in [0.29, 0.717) is 30.6 Å². The zero-order valence-electron chi connectivity index (χ0n) is 25.8. The van der Waals surface area contributed by atoms with E-state index in [-0.39, 0.29) is 12.1 Å². The van der Waals surface area contributed by atoms with E-state index in [2.05, 4.69) is 57.9 Å². The minimum atomic E-state index is -0.531. The van der Waals surface area contributed by atoms with Gasteiger partial charge in [-0.1, -0.05) is 37.6 Å².